The molecule has 74 valence electrons. The van der Waals surface area contributed by atoms with Crippen LogP contribution in [0.1, 0.15) is 6.92 Å². The van der Waals surface area contributed by atoms with Crippen LogP contribution in [0.15, 0.2) is 0 Å². The molecule has 0 aliphatic carbocycles. The fourth-order valence-electron chi connectivity index (χ4n) is 0. The summed E-state index contributed by atoms with van der Waals surface area (Å²) in [6, 6.07) is 0. The van der Waals surface area contributed by atoms with Crippen LogP contribution in [0.3, 0.4) is 0 Å². The predicted octanol–water partition coefficient (Wildman–Crippen LogP) is -2.47. The van der Waals surface area contributed by atoms with Gasteiger partial charge < -0.3 is 20.2 Å². The molecular weight excluding hydrogens is 211 g/mol. The average molecular weight is 216 g/mol. The summed E-state index contributed by atoms with van der Waals surface area (Å²) >= 11 is 0. The van der Waals surface area contributed by atoms with Gasteiger partial charge in [0.1, 0.15) is 5.85 Å². The molecule has 4 nitrogen and oxygen atoms in total. The Kier molecular flexibility index (Phi) is 9.94. The van der Waals surface area contributed by atoms with E-state index in [0.29, 0.717) is 0 Å². The van der Waals surface area contributed by atoms with E-state index < -0.39 is 19.4 Å². The van der Waals surface area contributed by atoms with Gasteiger partial charge in [-0.05, 0) is 6.92 Å². The predicted molar refractivity (Wildman–Crippen MR) is 31.5 cm³/mol. The minimum Gasteiger partial charge on any atom is -0.832 e. The molecule has 0 aliphatic heterocycles. The van der Waals surface area contributed by atoms with Crippen LogP contribution < -0.4 is 10.1 Å². The molecule has 1 unspecified atom stereocenters. The normalized spacial score (nSPS) is 14.5. The van der Waals surface area contributed by atoms with E-state index in [2.05, 4.69) is 0 Å². The van der Waals surface area contributed by atoms with Gasteiger partial charge in [-0.15, -0.1) is 0 Å². The number of hydrogen-bond acceptors (Lipinski definition) is 4. The molecule has 0 aliphatic rings. The van der Waals surface area contributed by atoms with Crippen LogP contribution in [-0.4, -0.2) is 52.5 Å². The first-order valence-corrected chi connectivity index (χ1v) is 2.46. The fourth-order valence-corrected chi connectivity index (χ4v) is 0. The van der Waals surface area contributed by atoms with Gasteiger partial charge in [0.05, 0.1) is 0 Å². The van der Waals surface area contributed by atoms with Crippen molar-refractivity contribution in [2.75, 3.05) is 0 Å². The zero-order chi connectivity index (χ0) is 10.6. The van der Waals surface area contributed by atoms with Gasteiger partial charge in [0, 0.05) is 0 Å². The standard InChI is InChI=1S/C3H3F4O.BH2O3.Mg/c1-2(4,8)3(5,6)7;2-1(3)4;/h1H3;2-3H;/q2*-1;+2. The van der Waals surface area contributed by atoms with E-state index in [-0.39, 0.29) is 30.0 Å². The Morgan fingerprint density at radius 2 is 1.23 bits per heavy atom. The molecule has 0 radical (unpaired) electrons. The van der Waals surface area contributed by atoms with Gasteiger partial charge in [-0.2, -0.15) is 13.2 Å². The van der Waals surface area contributed by atoms with E-state index in [0.717, 1.165) is 0 Å². The van der Waals surface area contributed by atoms with Crippen LogP contribution in [0.5, 0.6) is 0 Å². The Labute approximate surface area is 87.5 Å². The second-order valence-corrected chi connectivity index (χ2v) is 1.74. The summed E-state index contributed by atoms with van der Waals surface area (Å²) < 4.78 is 43.8. The first kappa shape index (κ1) is 19.0. The molecule has 0 fully saturated rings. The second kappa shape index (κ2) is 6.79. The van der Waals surface area contributed by atoms with E-state index >= 15 is 0 Å². The van der Waals surface area contributed by atoms with E-state index in [9.17, 15) is 22.7 Å². The van der Waals surface area contributed by atoms with Gasteiger partial charge >= 0.3 is 36.6 Å². The Morgan fingerprint density at radius 3 is 1.23 bits per heavy atom. The van der Waals surface area contributed by atoms with Gasteiger partial charge in [0.15, 0.2) is 0 Å². The molecule has 0 saturated heterocycles. The van der Waals surface area contributed by atoms with Crippen LogP contribution in [-0.2, 0) is 0 Å². The average Bonchev–Trinajstić information content (AvgIpc) is 1.55. The molecule has 0 aromatic heterocycles. The van der Waals surface area contributed by atoms with E-state index in [4.69, 9.17) is 15.1 Å². The van der Waals surface area contributed by atoms with Crippen molar-refractivity contribution >= 4 is 30.4 Å². The molecule has 0 rings (SSSR count). The quantitative estimate of drug-likeness (QED) is 0.347. The molecule has 0 heterocycles. The van der Waals surface area contributed by atoms with Crippen molar-refractivity contribution in [2.24, 2.45) is 0 Å². The first-order chi connectivity index (χ1) is 4.98. The molecule has 0 amide bonds. The minimum absolute atomic E-state index is 0. The SMILES string of the molecule is CC([O-])(F)C(F)(F)F.[Mg+2].[O-]B(O)O. The van der Waals surface area contributed by atoms with Crippen molar-refractivity contribution in [2.45, 2.75) is 19.0 Å². The first-order valence-electron chi connectivity index (χ1n) is 2.46. The molecule has 2 N–H and O–H groups in total. The van der Waals surface area contributed by atoms with Crippen molar-refractivity contribution in [3.63, 3.8) is 0 Å². The van der Waals surface area contributed by atoms with Gasteiger partial charge in [-0.1, -0.05) is 0 Å². The summed E-state index contributed by atoms with van der Waals surface area (Å²) in [5.41, 5.74) is 0. The minimum atomic E-state index is -5.28. The van der Waals surface area contributed by atoms with Gasteiger partial charge in [-0.25, -0.2) is 0 Å². The smallest absolute Gasteiger partial charge is 0.832 e. The molecular formula is C3H5BF4MgO4. The maximum Gasteiger partial charge on any atom is 2.00 e. The van der Waals surface area contributed by atoms with Crippen molar-refractivity contribution in [3.8, 4) is 0 Å². The van der Waals surface area contributed by atoms with Crippen LogP contribution >= 0.6 is 0 Å². The number of alkyl halides is 4. The summed E-state index contributed by atoms with van der Waals surface area (Å²) in [5.74, 6) is -4.31. The summed E-state index contributed by atoms with van der Waals surface area (Å²) in [6.45, 7) is -0.0764. The summed E-state index contributed by atoms with van der Waals surface area (Å²) in [6.07, 6.45) is -5.28. The Morgan fingerprint density at radius 1 is 1.15 bits per heavy atom. The van der Waals surface area contributed by atoms with Gasteiger partial charge in [0.2, 0.25) is 0 Å². The van der Waals surface area contributed by atoms with Gasteiger partial charge in [-0.3, -0.25) is 4.39 Å². The van der Waals surface area contributed by atoms with Crippen LogP contribution in [0.4, 0.5) is 17.6 Å². The van der Waals surface area contributed by atoms with E-state index in [1.807, 2.05) is 0 Å². The zero-order valence-corrected chi connectivity index (χ0v) is 7.92. The topological polar surface area (TPSA) is 86.6 Å². The van der Waals surface area contributed by atoms with Crippen LogP contribution in [0.2, 0.25) is 0 Å². The molecule has 0 saturated carbocycles. The third-order valence-corrected chi connectivity index (χ3v) is 0.506. The maximum absolute atomic E-state index is 11.2. The number of halogens is 4. The molecule has 10 heteroatoms. The van der Waals surface area contributed by atoms with Crippen molar-refractivity contribution in [3.05, 3.63) is 0 Å². The van der Waals surface area contributed by atoms with Crippen molar-refractivity contribution < 1.29 is 37.7 Å². The Balaban J connectivity index is -0.000000173. The molecule has 0 aromatic rings. The summed E-state index contributed by atoms with van der Waals surface area (Å²) in [7, 11) is -2.42. The summed E-state index contributed by atoms with van der Waals surface area (Å²) in [5, 5.41) is 32.1. The van der Waals surface area contributed by atoms with Crippen molar-refractivity contribution in [1.29, 1.82) is 0 Å². The third-order valence-electron chi connectivity index (χ3n) is 0.506. The Bertz CT molecular complexity index is 109. The summed E-state index contributed by atoms with van der Waals surface area (Å²) in [4.78, 5) is 0. The third kappa shape index (κ3) is 15.2. The van der Waals surface area contributed by atoms with Crippen LogP contribution in [0.25, 0.3) is 0 Å². The zero-order valence-electron chi connectivity index (χ0n) is 6.51. The Hall–Kier alpha value is 0.391. The van der Waals surface area contributed by atoms with Crippen LogP contribution in [0, 0.1) is 0 Å². The fraction of sp³-hybridized carbons (Fsp3) is 1.00. The second-order valence-electron chi connectivity index (χ2n) is 1.74. The van der Waals surface area contributed by atoms with Crippen molar-refractivity contribution in [1.82, 2.24) is 0 Å². The number of hydrogen-bond donors (Lipinski definition) is 2. The largest absolute Gasteiger partial charge is 2.00 e. The van der Waals surface area contributed by atoms with E-state index in [1.165, 1.54) is 0 Å². The van der Waals surface area contributed by atoms with E-state index in [1.54, 1.807) is 0 Å². The molecule has 0 bridgehead atoms. The molecule has 13 heavy (non-hydrogen) atoms. The monoisotopic (exact) mass is 216 g/mol. The van der Waals surface area contributed by atoms with Gasteiger partial charge in [0.25, 0.3) is 0 Å². The molecule has 0 aromatic carbocycles. The molecule has 0 spiro atoms. The maximum atomic E-state index is 11.2. The number of rotatable bonds is 0. The molecule has 1 atom stereocenters.